The zero-order valence-electron chi connectivity index (χ0n) is 15.4. The first-order valence-corrected chi connectivity index (χ1v) is 9.51. The minimum atomic E-state index is 0.791. The molecule has 3 aromatic rings. The van der Waals surface area contributed by atoms with Crippen LogP contribution in [0, 0.1) is 0 Å². The smallest absolute Gasteiger partial charge is 0.118 e. The molecule has 0 aliphatic carbocycles. The van der Waals surface area contributed by atoms with Gasteiger partial charge in [0.1, 0.15) is 5.75 Å². The third-order valence-corrected chi connectivity index (χ3v) is 5.16. The van der Waals surface area contributed by atoms with Gasteiger partial charge in [-0.15, -0.1) is 0 Å². The van der Waals surface area contributed by atoms with Crippen LogP contribution < -0.4 is 9.64 Å². The molecule has 138 valence electrons. The number of hydrogen-bond donors (Lipinski definition) is 0. The second-order valence-corrected chi connectivity index (χ2v) is 7.37. The number of fused-ring (bicyclic) bond motifs is 1. The molecule has 4 rings (SSSR count). The van der Waals surface area contributed by atoms with Crippen LogP contribution in [0.25, 0.3) is 0 Å². The summed E-state index contributed by atoms with van der Waals surface area (Å²) in [7, 11) is 1.70. The summed E-state index contributed by atoms with van der Waals surface area (Å²) in [6.45, 7) is 3.55. The van der Waals surface area contributed by atoms with Crippen molar-refractivity contribution >= 4 is 17.3 Å². The van der Waals surface area contributed by atoms with E-state index in [1.165, 1.54) is 22.4 Å². The highest BCUT2D eigenvalue weighted by molar-refractivity contribution is 6.30. The molecule has 0 saturated carbocycles. The first-order chi connectivity index (χ1) is 13.2. The van der Waals surface area contributed by atoms with Gasteiger partial charge in [-0.05, 0) is 47.0 Å². The highest BCUT2D eigenvalue weighted by Crippen LogP contribution is 2.31. The second kappa shape index (κ2) is 8.03. The van der Waals surface area contributed by atoms with E-state index in [1.807, 2.05) is 18.2 Å². The van der Waals surface area contributed by atoms with Crippen LogP contribution in [0.3, 0.4) is 0 Å². The van der Waals surface area contributed by atoms with Gasteiger partial charge in [-0.2, -0.15) is 0 Å². The van der Waals surface area contributed by atoms with Gasteiger partial charge in [0.2, 0.25) is 0 Å². The summed E-state index contributed by atoms with van der Waals surface area (Å²) in [5.41, 5.74) is 5.14. The molecule has 4 heteroatoms. The Hall–Kier alpha value is -2.49. The Morgan fingerprint density at radius 1 is 0.889 bits per heavy atom. The number of halogens is 1. The maximum absolute atomic E-state index is 6.27. The number of anilines is 1. The number of ether oxygens (including phenoxy) is 1. The van der Waals surface area contributed by atoms with E-state index in [9.17, 15) is 0 Å². The van der Waals surface area contributed by atoms with E-state index in [-0.39, 0.29) is 0 Å². The maximum atomic E-state index is 6.27. The lowest BCUT2D eigenvalue weighted by atomic mass is 10.1. The molecule has 1 heterocycles. The van der Waals surface area contributed by atoms with Gasteiger partial charge in [0.05, 0.1) is 13.8 Å². The Balaban J connectivity index is 1.57. The molecule has 3 aromatic carbocycles. The molecule has 0 radical (unpaired) electrons. The minimum Gasteiger partial charge on any atom is -0.497 e. The molecule has 1 aliphatic rings. The number of methoxy groups -OCH3 is 1. The molecule has 1 aliphatic heterocycles. The predicted molar refractivity (Wildman–Crippen MR) is 111 cm³/mol. The van der Waals surface area contributed by atoms with Crippen LogP contribution in [0.5, 0.6) is 5.75 Å². The van der Waals surface area contributed by atoms with Gasteiger partial charge in [0, 0.05) is 30.3 Å². The van der Waals surface area contributed by atoms with E-state index in [2.05, 4.69) is 64.4 Å². The Morgan fingerprint density at radius 3 is 2.37 bits per heavy atom. The Bertz CT molecular complexity index is 896. The van der Waals surface area contributed by atoms with Crippen LogP contribution in [0.1, 0.15) is 16.7 Å². The molecule has 0 atom stereocenters. The summed E-state index contributed by atoms with van der Waals surface area (Å²) in [6, 6.07) is 25.1. The zero-order chi connectivity index (χ0) is 18.6. The lowest BCUT2D eigenvalue weighted by Crippen LogP contribution is -2.41. The second-order valence-electron chi connectivity index (χ2n) is 6.93. The van der Waals surface area contributed by atoms with Crippen LogP contribution in [-0.4, -0.2) is 18.7 Å². The summed E-state index contributed by atoms with van der Waals surface area (Å²) in [6.07, 6.45) is 0. The largest absolute Gasteiger partial charge is 0.497 e. The molecule has 0 fully saturated rings. The molecule has 0 saturated heterocycles. The SMILES string of the molecule is COc1ccc(CN2Cc3cc(Cl)ccc3N(Cc3ccccc3)C2)cc1. The third-order valence-electron chi connectivity index (χ3n) is 4.93. The number of nitrogens with zero attached hydrogens (tertiary/aromatic N) is 2. The average Bonchev–Trinajstić information content (AvgIpc) is 2.69. The molecule has 0 bridgehead atoms. The average molecular weight is 379 g/mol. The van der Waals surface area contributed by atoms with Crippen LogP contribution in [0.4, 0.5) is 5.69 Å². The molecule has 0 aromatic heterocycles. The Labute approximate surface area is 165 Å². The molecule has 0 spiro atoms. The predicted octanol–water partition coefficient (Wildman–Crippen LogP) is 5.33. The zero-order valence-corrected chi connectivity index (χ0v) is 16.2. The van der Waals surface area contributed by atoms with Crippen molar-refractivity contribution in [3.8, 4) is 5.75 Å². The highest BCUT2D eigenvalue weighted by atomic mass is 35.5. The summed E-state index contributed by atoms with van der Waals surface area (Å²) in [5.74, 6) is 0.889. The van der Waals surface area contributed by atoms with Gasteiger partial charge >= 0.3 is 0 Å². The standard InChI is InChI=1S/C23H23ClN2O/c1-27-22-10-7-19(8-11-22)14-25-16-20-13-21(24)9-12-23(20)26(17-25)15-18-5-3-2-4-6-18/h2-13H,14-17H2,1H3. The molecule has 27 heavy (non-hydrogen) atoms. The van der Waals surface area contributed by atoms with Crippen LogP contribution in [0.15, 0.2) is 72.8 Å². The highest BCUT2D eigenvalue weighted by Gasteiger charge is 2.23. The fourth-order valence-corrected chi connectivity index (χ4v) is 3.83. The van der Waals surface area contributed by atoms with Gasteiger partial charge in [-0.3, -0.25) is 4.90 Å². The Kier molecular flexibility index (Phi) is 5.33. The number of benzene rings is 3. The van der Waals surface area contributed by atoms with Crippen LogP contribution >= 0.6 is 11.6 Å². The molecular formula is C23H23ClN2O. The van der Waals surface area contributed by atoms with Gasteiger partial charge in [0.15, 0.2) is 0 Å². The van der Waals surface area contributed by atoms with E-state index in [1.54, 1.807) is 7.11 Å². The molecule has 0 unspecified atom stereocenters. The lowest BCUT2D eigenvalue weighted by molar-refractivity contribution is 0.242. The van der Waals surface area contributed by atoms with Crippen molar-refractivity contribution in [2.24, 2.45) is 0 Å². The molecule has 0 amide bonds. The normalized spacial score (nSPS) is 14.1. The van der Waals surface area contributed by atoms with E-state index in [0.29, 0.717) is 0 Å². The van der Waals surface area contributed by atoms with Crippen molar-refractivity contribution < 1.29 is 4.74 Å². The van der Waals surface area contributed by atoms with Crippen LogP contribution in [-0.2, 0) is 19.6 Å². The topological polar surface area (TPSA) is 15.7 Å². The third kappa shape index (κ3) is 4.26. The van der Waals surface area contributed by atoms with Crippen molar-refractivity contribution in [2.45, 2.75) is 19.6 Å². The van der Waals surface area contributed by atoms with Crippen molar-refractivity contribution in [3.05, 3.63) is 94.5 Å². The van der Waals surface area contributed by atoms with Gasteiger partial charge in [0.25, 0.3) is 0 Å². The van der Waals surface area contributed by atoms with Gasteiger partial charge in [-0.25, -0.2) is 0 Å². The first-order valence-electron chi connectivity index (χ1n) is 9.14. The summed E-state index contributed by atoms with van der Waals surface area (Å²) in [5, 5.41) is 0.791. The first kappa shape index (κ1) is 17.9. The van der Waals surface area contributed by atoms with Crippen molar-refractivity contribution in [1.82, 2.24) is 4.90 Å². The van der Waals surface area contributed by atoms with E-state index in [0.717, 1.165) is 37.1 Å². The minimum absolute atomic E-state index is 0.791. The fraction of sp³-hybridized carbons (Fsp3) is 0.217. The Morgan fingerprint density at radius 2 is 1.63 bits per heavy atom. The fourth-order valence-electron chi connectivity index (χ4n) is 3.63. The van der Waals surface area contributed by atoms with Crippen molar-refractivity contribution in [2.75, 3.05) is 18.7 Å². The van der Waals surface area contributed by atoms with E-state index in [4.69, 9.17) is 16.3 Å². The van der Waals surface area contributed by atoms with E-state index >= 15 is 0 Å². The summed E-state index contributed by atoms with van der Waals surface area (Å²) >= 11 is 6.27. The number of rotatable bonds is 5. The van der Waals surface area contributed by atoms with Gasteiger partial charge in [-0.1, -0.05) is 54.1 Å². The quantitative estimate of drug-likeness (QED) is 0.596. The van der Waals surface area contributed by atoms with Gasteiger partial charge < -0.3 is 9.64 Å². The lowest BCUT2D eigenvalue weighted by Gasteiger charge is -2.38. The molecule has 3 nitrogen and oxygen atoms in total. The molecule has 0 N–H and O–H groups in total. The monoisotopic (exact) mass is 378 g/mol. The summed E-state index contributed by atoms with van der Waals surface area (Å²) in [4.78, 5) is 4.87. The number of hydrogen-bond acceptors (Lipinski definition) is 3. The van der Waals surface area contributed by atoms with Crippen molar-refractivity contribution in [1.29, 1.82) is 0 Å². The summed E-state index contributed by atoms with van der Waals surface area (Å²) < 4.78 is 5.27. The van der Waals surface area contributed by atoms with E-state index < -0.39 is 0 Å². The molecular weight excluding hydrogens is 356 g/mol. The maximum Gasteiger partial charge on any atom is 0.118 e. The van der Waals surface area contributed by atoms with Crippen molar-refractivity contribution in [3.63, 3.8) is 0 Å². The van der Waals surface area contributed by atoms with Crippen LogP contribution in [0.2, 0.25) is 5.02 Å².